The van der Waals surface area contributed by atoms with Gasteiger partial charge in [0.25, 0.3) is 5.91 Å². The Labute approximate surface area is 132 Å². The van der Waals surface area contributed by atoms with E-state index in [9.17, 15) is 4.79 Å². The summed E-state index contributed by atoms with van der Waals surface area (Å²) in [5, 5.41) is 4.71. The van der Waals surface area contributed by atoms with E-state index >= 15 is 0 Å². The fourth-order valence-corrected chi connectivity index (χ4v) is 2.64. The maximum atomic E-state index is 12.2. The molecule has 1 aliphatic heterocycles. The van der Waals surface area contributed by atoms with Crippen LogP contribution in [0, 0.1) is 6.92 Å². The van der Waals surface area contributed by atoms with Crippen molar-refractivity contribution in [1.29, 1.82) is 0 Å². The SMILES string of the molecule is Cc1oncc1C(=O)N1CC(Oc2ccc3ccccc3n2)C1. The molecule has 2 aromatic heterocycles. The number of aromatic nitrogens is 2. The molecule has 0 atom stereocenters. The van der Waals surface area contributed by atoms with Crippen molar-refractivity contribution in [1.82, 2.24) is 15.0 Å². The lowest BCUT2D eigenvalue weighted by Gasteiger charge is -2.38. The Morgan fingerprint density at radius 1 is 1.26 bits per heavy atom. The van der Waals surface area contributed by atoms with Crippen LogP contribution in [0.3, 0.4) is 0 Å². The van der Waals surface area contributed by atoms with Crippen molar-refractivity contribution in [3.63, 3.8) is 0 Å². The Hall–Kier alpha value is -2.89. The summed E-state index contributed by atoms with van der Waals surface area (Å²) in [5.74, 6) is 1.05. The molecule has 6 nitrogen and oxygen atoms in total. The van der Waals surface area contributed by atoms with Gasteiger partial charge in [-0.25, -0.2) is 4.98 Å². The van der Waals surface area contributed by atoms with E-state index in [1.54, 1.807) is 11.8 Å². The van der Waals surface area contributed by atoms with Crippen molar-refractivity contribution in [2.45, 2.75) is 13.0 Å². The average Bonchev–Trinajstić information content (AvgIpc) is 2.96. The molecule has 0 N–H and O–H groups in total. The van der Waals surface area contributed by atoms with Crippen molar-refractivity contribution in [3.05, 3.63) is 53.9 Å². The number of ether oxygens (including phenoxy) is 1. The Morgan fingerprint density at radius 2 is 2.09 bits per heavy atom. The number of para-hydroxylation sites is 1. The number of aryl methyl sites for hydroxylation is 1. The molecule has 0 radical (unpaired) electrons. The third-order valence-electron chi connectivity index (χ3n) is 3.98. The first-order chi connectivity index (χ1) is 11.2. The third-order valence-corrected chi connectivity index (χ3v) is 3.98. The van der Waals surface area contributed by atoms with Gasteiger partial charge in [0.2, 0.25) is 5.88 Å². The van der Waals surface area contributed by atoms with Crippen molar-refractivity contribution >= 4 is 16.8 Å². The Morgan fingerprint density at radius 3 is 2.87 bits per heavy atom. The summed E-state index contributed by atoms with van der Waals surface area (Å²) >= 11 is 0. The van der Waals surface area contributed by atoms with Gasteiger partial charge in [-0.3, -0.25) is 4.79 Å². The summed E-state index contributed by atoms with van der Waals surface area (Å²) in [6, 6.07) is 11.7. The minimum atomic E-state index is -0.0740. The Balaban J connectivity index is 1.40. The number of carbonyl (C=O) groups is 1. The summed E-state index contributed by atoms with van der Waals surface area (Å²) in [7, 11) is 0. The van der Waals surface area contributed by atoms with Crippen LogP contribution in [-0.4, -0.2) is 40.1 Å². The molecule has 23 heavy (non-hydrogen) atoms. The van der Waals surface area contributed by atoms with Crippen LogP contribution in [0.2, 0.25) is 0 Å². The third kappa shape index (κ3) is 2.52. The lowest BCUT2D eigenvalue weighted by molar-refractivity contribution is 0.0160. The van der Waals surface area contributed by atoms with Gasteiger partial charge in [-0.15, -0.1) is 0 Å². The molecule has 0 bridgehead atoms. The van der Waals surface area contributed by atoms with Crippen LogP contribution in [-0.2, 0) is 0 Å². The van der Waals surface area contributed by atoms with E-state index in [0.717, 1.165) is 10.9 Å². The summed E-state index contributed by atoms with van der Waals surface area (Å²) in [6.45, 7) is 2.81. The van der Waals surface area contributed by atoms with E-state index in [4.69, 9.17) is 9.26 Å². The molecule has 0 spiro atoms. The summed E-state index contributed by atoms with van der Waals surface area (Å²) in [6.07, 6.45) is 1.42. The topological polar surface area (TPSA) is 68.5 Å². The van der Waals surface area contributed by atoms with Crippen molar-refractivity contribution in [2.75, 3.05) is 13.1 Å². The molecule has 1 fully saturated rings. The first-order valence-corrected chi connectivity index (χ1v) is 7.44. The molecular weight excluding hydrogens is 294 g/mol. The second-order valence-corrected chi connectivity index (χ2v) is 5.59. The Kier molecular flexibility index (Phi) is 3.22. The van der Waals surface area contributed by atoms with Crippen LogP contribution >= 0.6 is 0 Å². The molecule has 116 valence electrons. The molecule has 0 saturated carbocycles. The van der Waals surface area contributed by atoms with Crippen molar-refractivity contribution < 1.29 is 14.1 Å². The number of pyridine rings is 1. The molecule has 6 heteroatoms. The minimum Gasteiger partial charge on any atom is -0.471 e. The second kappa shape index (κ2) is 5.39. The number of amides is 1. The zero-order valence-corrected chi connectivity index (χ0v) is 12.6. The quantitative estimate of drug-likeness (QED) is 0.743. The monoisotopic (exact) mass is 309 g/mol. The zero-order chi connectivity index (χ0) is 15.8. The zero-order valence-electron chi connectivity index (χ0n) is 12.6. The highest BCUT2D eigenvalue weighted by atomic mass is 16.5. The standard InChI is InChI=1S/C17H15N3O3/c1-11-14(8-18-23-11)17(21)20-9-13(10-20)22-16-7-6-12-4-2-3-5-15(12)19-16/h2-8,13H,9-10H2,1H3. The number of carbonyl (C=O) groups excluding carboxylic acids is 1. The highest BCUT2D eigenvalue weighted by Crippen LogP contribution is 2.22. The second-order valence-electron chi connectivity index (χ2n) is 5.59. The molecule has 1 aromatic carbocycles. The fraction of sp³-hybridized carbons (Fsp3) is 0.235. The smallest absolute Gasteiger partial charge is 0.259 e. The molecule has 1 aliphatic rings. The van der Waals surface area contributed by atoms with Gasteiger partial charge in [-0.2, -0.15) is 0 Å². The molecule has 1 amide bonds. The van der Waals surface area contributed by atoms with Gasteiger partial charge >= 0.3 is 0 Å². The van der Waals surface area contributed by atoms with Crippen LogP contribution in [0.5, 0.6) is 5.88 Å². The number of fused-ring (bicyclic) bond motifs is 1. The average molecular weight is 309 g/mol. The van der Waals surface area contributed by atoms with Crippen molar-refractivity contribution in [2.24, 2.45) is 0 Å². The van der Waals surface area contributed by atoms with Crippen LogP contribution < -0.4 is 4.74 Å². The lowest BCUT2D eigenvalue weighted by Crippen LogP contribution is -2.56. The minimum absolute atomic E-state index is 0.0345. The highest BCUT2D eigenvalue weighted by molar-refractivity contribution is 5.95. The first kappa shape index (κ1) is 13.8. The van der Waals surface area contributed by atoms with Gasteiger partial charge in [-0.05, 0) is 19.1 Å². The predicted octanol–water partition coefficient (Wildman–Crippen LogP) is 2.43. The molecule has 0 unspecified atom stereocenters. The fourth-order valence-electron chi connectivity index (χ4n) is 2.64. The van der Waals surface area contributed by atoms with Crippen LogP contribution in [0.15, 0.2) is 47.1 Å². The number of nitrogens with zero attached hydrogens (tertiary/aromatic N) is 3. The summed E-state index contributed by atoms with van der Waals surface area (Å²) in [4.78, 5) is 18.4. The maximum absolute atomic E-state index is 12.2. The van der Waals surface area contributed by atoms with Gasteiger partial charge in [-0.1, -0.05) is 23.4 Å². The summed E-state index contributed by atoms with van der Waals surface area (Å²) < 4.78 is 10.8. The summed E-state index contributed by atoms with van der Waals surface area (Å²) in [5.41, 5.74) is 1.41. The molecule has 0 aliphatic carbocycles. The number of hydrogen-bond donors (Lipinski definition) is 0. The molecule has 3 aromatic rings. The lowest BCUT2D eigenvalue weighted by atomic mass is 10.1. The normalized spacial score (nSPS) is 14.7. The molecule has 1 saturated heterocycles. The van der Waals surface area contributed by atoms with Crippen LogP contribution in [0.1, 0.15) is 16.1 Å². The van der Waals surface area contributed by atoms with E-state index in [0.29, 0.717) is 30.3 Å². The van der Waals surface area contributed by atoms with Gasteiger partial charge < -0.3 is 14.2 Å². The first-order valence-electron chi connectivity index (χ1n) is 7.44. The number of benzene rings is 1. The van der Waals surface area contributed by atoms with Gasteiger partial charge in [0.1, 0.15) is 17.4 Å². The Bertz CT molecular complexity index is 868. The molecular formula is C17H15N3O3. The van der Waals surface area contributed by atoms with E-state index in [2.05, 4.69) is 10.1 Å². The largest absolute Gasteiger partial charge is 0.471 e. The predicted molar refractivity (Wildman–Crippen MR) is 83.3 cm³/mol. The number of likely N-dealkylation sites (tertiary alicyclic amines) is 1. The number of rotatable bonds is 3. The molecule has 3 heterocycles. The molecule has 4 rings (SSSR count). The maximum Gasteiger partial charge on any atom is 0.259 e. The van der Waals surface area contributed by atoms with Crippen molar-refractivity contribution in [3.8, 4) is 5.88 Å². The van der Waals surface area contributed by atoms with Crippen LogP contribution in [0.25, 0.3) is 10.9 Å². The van der Waals surface area contributed by atoms with E-state index in [1.807, 2.05) is 36.4 Å². The van der Waals surface area contributed by atoms with Gasteiger partial charge in [0.15, 0.2) is 0 Å². The van der Waals surface area contributed by atoms with Gasteiger partial charge in [0.05, 0.1) is 24.8 Å². The van der Waals surface area contributed by atoms with E-state index < -0.39 is 0 Å². The van der Waals surface area contributed by atoms with E-state index in [1.165, 1.54) is 6.20 Å². The number of hydrogen-bond acceptors (Lipinski definition) is 5. The van der Waals surface area contributed by atoms with E-state index in [-0.39, 0.29) is 12.0 Å². The van der Waals surface area contributed by atoms with Gasteiger partial charge in [0, 0.05) is 11.5 Å². The highest BCUT2D eigenvalue weighted by Gasteiger charge is 2.34. The van der Waals surface area contributed by atoms with Crippen LogP contribution in [0.4, 0.5) is 0 Å².